The zero-order valence-corrected chi connectivity index (χ0v) is 15.9. The average molecular weight is 372 g/mol. The number of carbonyl (C=O) groups is 1. The number of aryl methyl sites for hydroxylation is 2. The first-order chi connectivity index (χ1) is 12.3. The number of urea groups is 1. The second-order valence-corrected chi connectivity index (χ2v) is 8.92. The molecule has 1 atom stereocenters. The molecule has 3 rings (SSSR count). The maximum absolute atomic E-state index is 12.7. The number of carbonyl (C=O) groups excluding carboxylic acids is 1. The predicted octanol–water partition coefficient (Wildman–Crippen LogP) is 3.77. The summed E-state index contributed by atoms with van der Waals surface area (Å²) in [4.78, 5) is 14.6. The van der Waals surface area contributed by atoms with Crippen molar-refractivity contribution in [2.75, 3.05) is 17.6 Å². The fraction of sp³-hybridized carbons (Fsp3) is 0.350. The van der Waals surface area contributed by atoms with Crippen molar-refractivity contribution in [2.24, 2.45) is 0 Å². The number of anilines is 1. The topological polar surface area (TPSA) is 66.5 Å². The van der Waals surface area contributed by atoms with Gasteiger partial charge < -0.3 is 10.2 Å². The summed E-state index contributed by atoms with van der Waals surface area (Å²) in [6, 6.07) is 13.8. The third kappa shape index (κ3) is 4.25. The molecule has 26 heavy (non-hydrogen) atoms. The smallest absolute Gasteiger partial charge is 0.321 e. The number of sulfone groups is 1. The van der Waals surface area contributed by atoms with Gasteiger partial charge in [-0.3, -0.25) is 0 Å². The van der Waals surface area contributed by atoms with Gasteiger partial charge in [-0.25, -0.2) is 13.2 Å². The van der Waals surface area contributed by atoms with Gasteiger partial charge in [0.1, 0.15) is 0 Å². The van der Waals surface area contributed by atoms with E-state index in [1.807, 2.05) is 32.0 Å². The van der Waals surface area contributed by atoms with Crippen molar-refractivity contribution in [2.45, 2.75) is 37.6 Å². The standard InChI is InChI=1S/C20H24N2O3S/c1-15-11-16(2)13-17(12-15)21-20(23)22-10-6-7-18(22)14-26(24,25)19-8-4-3-5-9-19/h3-5,8-9,11-13,18H,6-7,10,14H2,1-2H3,(H,21,23). The Balaban J connectivity index is 1.72. The van der Waals surface area contributed by atoms with Gasteiger partial charge in [-0.05, 0) is 62.1 Å². The second-order valence-electron chi connectivity index (χ2n) is 6.89. The molecule has 6 heteroatoms. The summed E-state index contributed by atoms with van der Waals surface area (Å²) >= 11 is 0. The Morgan fingerprint density at radius 3 is 2.42 bits per heavy atom. The SMILES string of the molecule is Cc1cc(C)cc(NC(=O)N2CCCC2CS(=O)(=O)c2ccccc2)c1. The molecule has 0 aliphatic carbocycles. The molecule has 1 aliphatic rings. The van der Waals surface area contributed by atoms with Gasteiger partial charge in [0, 0.05) is 18.3 Å². The van der Waals surface area contributed by atoms with Crippen molar-refractivity contribution in [3.63, 3.8) is 0 Å². The Labute approximate surface area is 154 Å². The zero-order valence-electron chi connectivity index (χ0n) is 15.1. The van der Waals surface area contributed by atoms with Crippen LogP contribution >= 0.6 is 0 Å². The molecule has 0 aromatic heterocycles. The predicted molar refractivity (Wildman–Crippen MR) is 103 cm³/mol. The Hall–Kier alpha value is -2.34. The number of nitrogens with zero attached hydrogens (tertiary/aromatic N) is 1. The molecule has 0 bridgehead atoms. The zero-order chi connectivity index (χ0) is 18.7. The fourth-order valence-corrected chi connectivity index (χ4v) is 5.11. The molecule has 0 radical (unpaired) electrons. The van der Waals surface area contributed by atoms with E-state index in [2.05, 4.69) is 5.32 Å². The van der Waals surface area contributed by atoms with E-state index in [1.54, 1.807) is 35.2 Å². The van der Waals surface area contributed by atoms with Crippen molar-refractivity contribution in [1.82, 2.24) is 4.90 Å². The van der Waals surface area contributed by atoms with Crippen LogP contribution in [0.1, 0.15) is 24.0 Å². The highest BCUT2D eigenvalue weighted by molar-refractivity contribution is 7.91. The number of hydrogen-bond acceptors (Lipinski definition) is 3. The number of likely N-dealkylation sites (tertiary alicyclic amines) is 1. The lowest BCUT2D eigenvalue weighted by atomic mass is 10.1. The minimum Gasteiger partial charge on any atom is -0.321 e. The van der Waals surface area contributed by atoms with E-state index in [1.165, 1.54) is 0 Å². The summed E-state index contributed by atoms with van der Waals surface area (Å²) in [5.74, 6) is -0.0444. The first kappa shape index (κ1) is 18.5. The highest BCUT2D eigenvalue weighted by Crippen LogP contribution is 2.23. The summed E-state index contributed by atoms with van der Waals surface area (Å²) in [7, 11) is -3.42. The Bertz CT molecular complexity index is 874. The van der Waals surface area contributed by atoms with Gasteiger partial charge in [0.2, 0.25) is 0 Å². The molecule has 1 heterocycles. The molecular weight excluding hydrogens is 348 g/mol. The highest BCUT2D eigenvalue weighted by Gasteiger charge is 2.33. The lowest BCUT2D eigenvalue weighted by Gasteiger charge is -2.25. The third-order valence-electron chi connectivity index (χ3n) is 4.63. The molecule has 1 fully saturated rings. The Kier molecular flexibility index (Phi) is 5.32. The van der Waals surface area contributed by atoms with E-state index in [0.29, 0.717) is 17.9 Å². The second kappa shape index (κ2) is 7.50. The molecule has 2 aromatic rings. The van der Waals surface area contributed by atoms with Crippen LogP contribution < -0.4 is 5.32 Å². The largest absolute Gasteiger partial charge is 0.322 e. The van der Waals surface area contributed by atoms with Crippen LogP contribution in [-0.2, 0) is 9.84 Å². The van der Waals surface area contributed by atoms with Crippen molar-refractivity contribution in [1.29, 1.82) is 0 Å². The summed E-state index contributed by atoms with van der Waals surface area (Å²) in [6.45, 7) is 4.53. The number of benzene rings is 2. The van der Waals surface area contributed by atoms with Gasteiger partial charge in [-0.15, -0.1) is 0 Å². The number of nitrogens with one attached hydrogen (secondary N) is 1. The lowest BCUT2D eigenvalue weighted by molar-refractivity contribution is 0.210. The fourth-order valence-electron chi connectivity index (χ4n) is 3.50. The molecule has 1 unspecified atom stereocenters. The molecule has 0 saturated carbocycles. The molecule has 1 saturated heterocycles. The van der Waals surface area contributed by atoms with Crippen LogP contribution in [0.15, 0.2) is 53.4 Å². The van der Waals surface area contributed by atoms with Crippen molar-refractivity contribution in [3.05, 3.63) is 59.7 Å². The minimum absolute atomic E-state index is 0.0444. The van der Waals surface area contributed by atoms with Crippen molar-refractivity contribution in [3.8, 4) is 0 Å². The normalized spacial score (nSPS) is 17.3. The monoisotopic (exact) mass is 372 g/mol. The highest BCUT2D eigenvalue weighted by atomic mass is 32.2. The van der Waals surface area contributed by atoms with Gasteiger partial charge >= 0.3 is 6.03 Å². The van der Waals surface area contributed by atoms with Gasteiger partial charge in [0.15, 0.2) is 9.84 Å². The Morgan fingerprint density at radius 2 is 1.77 bits per heavy atom. The summed E-state index contributed by atoms with van der Waals surface area (Å²) in [5.41, 5.74) is 2.89. The first-order valence-electron chi connectivity index (χ1n) is 8.79. The maximum Gasteiger partial charge on any atom is 0.322 e. The third-order valence-corrected chi connectivity index (χ3v) is 6.44. The molecule has 1 aliphatic heterocycles. The molecule has 5 nitrogen and oxygen atoms in total. The summed E-state index contributed by atoms with van der Waals surface area (Å²) in [5, 5.41) is 2.91. The molecule has 2 aromatic carbocycles. The number of hydrogen-bond donors (Lipinski definition) is 1. The first-order valence-corrected chi connectivity index (χ1v) is 10.4. The van der Waals surface area contributed by atoms with E-state index in [-0.39, 0.29) is 17.8 Å². The van der Waals surface area contributed by atoms with E-state index < -0.39 is 9.84 Å². The van der Waals surface area contributed by atoms with Crippen LogP contribution in [-0.4, -0.2) is 37.7 Å². The van der Waals surface area contributed by atoms with E-state index in [9.17, 15) is 13.2 Å². The molecular formula is C20H24N2O3S. The number of amides is 2. The van der Waals surface area contributed by atoms with Crippen LogP contribution in [0.25, 0.3) is 0 Å². The summed E-state index contributed by atoms with van der Waals surface area (Å²) < 4.78 is 25.3. The molecule has 1 N–H and O–H groups in total. The van der Waals surface area contributed by atoms with Crippen LogP contribution in [0.5, 0.6) is 0 Å². The van der Waals surface area contributed by atoms with Crippen LogP contribution in [0.2, 0.25) is 0 Å². The van der Waals surface area contributed by atoms with Crippen molar-refractivity contribution < 1.29 is 13.2 Å². The summed E-state index contributed by atoms with van der Waals surface area (Å²) in [6.07, 6.45) is 1.52. The Morgan fingerprint density at radius 1 is 1.12 bits per heavy atom. The van der Waals surface area contributed by atoms with Crippen molar-refractivity contribution >= 4 is 21.6 Å². The van der Waals surface area contributed by atoms with Gasteiger partial charge in [0.05, 0.1) is 10.6 Å². The van der Waals surface area contributed by atoms with E-state index in [4.69, 9.17) is 0 Å². The van der Waals surface area contributed by atoms with Gasteiger partial charge in [-0.2, -0.15) is 0 Å². The van der Waals surface area contributed by atoms with E-state index >= 15 is 0 Å². The lowest BCUT2D eigenvalue weighted by Crippen LogP contribution is -2.42. The van der Waals surface area contributed by atoms with Crippen LogP contribution in [0, 0.1) is 13.8 Å². The van der Waals surface area contributed by atoms with Crippen LogP contribution in [0.4, 0.5) is 10.5 Å². The number of rotatable bonds is 4. The van der Waals surface area contributed by atoms with Crippen LogP contribution in [0.3, 0.4) is 0 Å². The molecule has 138 valence electrons. The minimum atomic E-state index is -3.42. The van der Waals surface area contributed by atoms with Gasteiger partial charge in [-0.1, -0.05) is 24.3 Å². The molecule has 2 amide bonds. The van der Waals surface area contributed by atoms with E-state index in [0.717, 1.165) is 23.2 Å². The molecule has 0 spiro atoms. The average Bonchev–Trinajstić information content (AvgIpc) is 3.02. The maximum atomic E-state index is 12.7. The van der Waals surface area contributed by atoms with Gasteiger partial charge in [0.25, 0.3) is 0 Å². The quantitative estimate of drug-likeness (QED) is 0.888.